The highest BCUT2D eigenvalue weighted by atomic mass is 15.2. The number of fused-ring (bicyclic) bond motifs is 1. The third kappa shape index (κ3) is 2.65. The van der Waals surface area contributed by atoms with E-state index < -0.39 is 0 Å². The van der Waals surface area contributed by atoms with Crippen molar-refractivity contribution < 1.29 is 0 Å². The summed E-state index contributed by atoms with van der Waals surface area (Å²) in [6.07, 6.45) is 6.61. The SMILES string of the molecule is CNC1(C)CCN(Cc2cn3ccccc3n2)CC1. The van der Waals surface area contributed by atoms with Crippen molar-refractivity contribution in [3.8, 4) is 0 Å². The van der Waals surface area contributed by atoms with Gasteiger partial charge >= 0.3 is 0 Å². The van der Waals surface area contributed by atoms with Crippen molar-refractivity contribution in [2.24, 2.45) is 0 Å². The van der Waals surface area contributed by atoms with Crippen molar-refractivity contribution in [1.82, 2.24) is 19.6 Å². The molecule has 0 aromatic carbocycles. The lowest BCUT2D eigenvalue weighted by Gasteiger charge is -2.39. The number of piperidine rings is 1. The zero-order valence-corrected chi connectivity index (χ0v) is 11.8. The lowest BCUT2D eigenvalue weighted by Crippen LogP contribution is -2.49. The largest absolute Gasteiger partial charge is 0.314 e. The third-order valence-corrected chi connectivity index (χ3v) is 4.36. The van der Waals surface area contributed by atoms with Crippen LogP contribution < -0.4 is 5.32 Å². The van der Waals surface area contributed by atoms with Crippen LogP contribution in [-0.2, 0) is 6.54 Å². The van der Waals surface area contributed by atoms with E-state index in [2.05, 4.69) is 52.0 Å². The zero-order valence-electron chi connectivity index (χ0n) is 11.8. The van der Waals surface area contributed by atoms with E-state index in [1.807, 2.05) is 12.1 Å². The Morgan fingerprint density at radius 3 is 2.79 bits per heavy atom. The van der Waals surface area contributed by atoms with Gasteiger partial charge in [-0.3, -0.25) is 4.90 Å². The predicted molar refractivity (Wildman–Crippen MR) is 77.2 cm³/mol. The van der Waals surface area contributed by atoms with Gasteiger partial charge in [-0.1, -0.05) is 6.07 Å². The first-order valence-electron chi connectivity index (χ1n) is 7.02. The standard InChI is InChI=1S/C15H22N4/c1-15(16-2)6-9-18(10-7-15)11-13-12-19-8-4-3-5-14(19)17-13/h3-5,8,12,16H,6-7,9-11H2,1-2H3. The summed E-state index contributed by atoms with van der Waals surface area (Å²) in [5, 5.41) is 3.44. The Labute approximate surface area is 114 Å². The second kappa shape index (κ2) is 4.94. The highest BCUT2D eigenvalue weighted by Gasteiger charge is 2.28. The van der Waals surface area contributed by atoms with Gasteiger partial charge in [0.15, 0.2) is 0 Å². The molecule has 0 unspecified atom stereocenters. The van der Waals surface area contributed by atoms with Gasteiger partial charge in [-0.15, -0.1) is 0 Å². The molecule has 2 aromatic heterocycles. The van der Waals surface area contributed by atoms with Gasteiger partial charge in [-0.2, -0.15) is 0 Å². The van der Waals surface area contributed by atoms with Gasteiger partial charge in [0.1, 0.15) is 5.65 Å². The maximum absolute atomic E-state index is 4.67. The summed E-state index contributed by atoms with van der Waals surface area (Å²) in [5.74, 6) is 0. The van der Waals surface area contributed by atoms with Crippen LogP contribution in [-0.4, -0.2) is 40.0 Å². The summed E-state index contributed by atoms with van der Waals surface area (Å²) in [4.78, 5) is 7.17. The minimum atomic E-state index is 0.315. The lowest BCUT2D eigenvalue weighted by molar-refractivity contribution is 0.145. The van der Waals surface area contributed by atoms with Crippen molar-refractivity contribution in [3.63, 3.8) is 0 Å². The molecule has 0 radical (unpaired) electrons. The molecule has 0 saturated carbocycles. The number of pyridine rings is 1. The van der Waals surface area contributed by atoms with E-state index in [0.29, 0.717) is 5.54 Å². The normalized spacial score (nSPS) is 19.9. The monoisotopic (exact) mass is 258 g/mol. The number of likely N-dealkylation sites (tertiary alicyclic amines) is 1. The van der Waals surface area contributed by atoms with Gasteiger partial charge in [0.25, 0.3) is 0 Å². The molecule has 1 N–H and O–H groups in total. The van der Waals surface area contributed by atoms with Gasteiger partial charge in [-0.25, -0.2) is 4.98 Å². The van der Waals surface area contributed by atoms with Crippen molar-refractivity contribution in [3.05, 3.63) is 36.3 Å². The highest BCUT2D eigenvalue weighted by Crippen LogP contribution is 2.22. The van der Waals surface area contributed by atoms with E-state index in [0.717, 1.165) is 25.3 Å². The van der Waals surface area contributed by atoms with Crippen molar-refractivity contribution >= 4 is 5.65 Å². The topological polar surface area (TPSA) is 32.6 Å². The van der Waals surface area contributed by atoms with Crippen LogP contribution in [0.25, 0.3) is 5.65 Å². The number of hydrogen-bond acceptors (Lipinski definition) is 3. The lowest BCUT2D eigenvalue weighted by atomic mass is 9.90. The quantitative estimate of drug-likeness (QED) is 0.913. The van der Waals surface area contributed by atoms with Gasteiger partial charge in [0.2, 0.25) is 0 Å². The summed E-state index contributed by atoms with van der Waals surface area (Å²) >= 11 is 0. The first-order valence-corrected chi connectivity index (χ1v) is 7.02. The van der Waals surface area contributed by atoms with E-state index in [9.17, 15) is 0 Å². The van der Waals surface area contributed by atoms with Crippen molar-refractivity contribution in [2.75, 3.05) is 20.1 Å². The molecule has 1 aliphatic rings. The second-order valence-electron chi connectivity index (χ2n) is 5.79. The van der Waals surface area contributed by atoms with Gasteiger partial charge < -0.3 is 9.72 Å². The summed E-state index contributed by atoms with van der Waals surface area (Å²) in [5.41, 5.74) is 2.52. The van der Waals surface area contributed by atoms with E-state index in [-0.39, 0.29) is 0 Å². The van der Waals surface area contributed by atoms with E-state index in [1.54, 1.807) is 0 Å². The van der Waals surface area contributed by atoms with Crippen molar-refractivity contribution in [2.45, 2.75) is 31.8 Å². The van der Waals surface area contributed by atoms with Crippen LogP contribution in [0.15, 0.2) is 30.6 Å². The molecule has 0 aliphatic carbocycles. The molecule has 1 saturated heterocycles. The predicted octanol–water partition coefficient (Wildman–Crippen LogP) is 1.91. The van der Waals surface area contributed by atoms with Crippen LogP contribution in [0.3, 0.4) is 0 Å². The number of nitrogens with zero attached hydrogens (tertiary/aromatic N) is 3. The molecule has 19 heavy (non-hydrogen) atoms. The molecule has 3 rings (SSSR count). The van der Waals surface area contributed by atoms with Gasteiger partial charge in [0.05, 0.1) is 5.69 Å². The van der Waals surface area contributed by atoms with Crippen LogP contribution in [0.4, 0.5) is 0 Å². The number of nitrogens with one attached hydrogen (secondary N) is 1. The smallest absolute Gasteiger partial charge is 0.137 e. The fourth-order valence-corrected chi connectivity index (χ4v) is 2.75. The Morgan fingerprint density at radius 2 is 2.11 bits per heavy atom. The third-order valence-electron chi connectivity index (χ3n) is 4.36. The number of imidazole rings is 1. The Bertz CT molecular complexity index is 519. The Morgan fingerprint density at radius 1 is 1.32 bits per heavy atom. The fourth-order valence-electron chi connectivity index (χ4n) is 2.75. The summed E-state index contributed by atoms with van der Waals surface area (Å²) in [6.45, 7) is 5.56. The summed E-state index contributed by atoms with van der Waals surface area (Å²) in [7, 11) is 2.07. The maximum atomic E-state index is 4.67. The van der Waals surface area contributed by atoms with Crippen LogP contribution in [0.2, 0.25) is 0 Å². The van der Waals surface area contributed by atoms with Crippen LogP contribution in [0, 0.1) is 0 Å². The molecule has 102 valence electrons. The molecule has 4 heteroatoms. The first-order chi connectivity index (χ1) is 9.18. The number of rotatable bonds is 3. The van der Waals surface area contributed by atoms with Crippen LogP contribution >= 0.6 is 0 Å². The number of hydrogen-bond donors (Lipinski definition) is 1. The highest BCUT2D eigenvalue weighted by molar-refractivity contribution is 5.39. The molecule has 4 nitrogen and oxygen atoms in total. The molecular formula is C15H22N4. The van der Waals surface area contributed by atoms with Gasteiger partial charge in [-0.05, 0) is 38.9 Å². The molecule has 1 aliphatic heterocycles. The summed E-state index contributed by atoms with van der Waals surface area (Å²) in [6, 6.07) is 6.13. The molecule has 0 atom stereocenters. The minimum absolute atomic E-state index is 0.315. The fraction of sp³-hybridized carbons (Fsp3) is 0.533. The molecule has 3 heterocycles. The zero-order chi connectivity index (χ0) is 13.3. The molecule has 1 fully saturated rings. The molecule has 0 amide bonds. The molecule has 0 bridgehead atoms. The Balaban J connectivity index is 1.66. The van der Waals surface area contributed by atoms with E-state index in [1.165, 1.54) is 18.5 Å². The Hall–Kier alpha value is -1.39. The average molecular weight is 258 g/mol. The Kier molecular flexibility index (Phi) is 3.29. The molecule has 0 spiro atoms. The van der Waals surface area contributed by atoms with Crippen LogP contribution in [0.1, 0.15) is 25.5 Å². The average Bonchev–Trinajstić information content (AvgIpc) is 2.84. The van der Waals surface area contributed by atoms with E-state index in [4.69, 9.17) is 0 Å². The maximum Gasteiger partial charge on any atom is 0.137 e. The second-order valence-corrected chi connectivity index (χ2v) is 5.79. The first kappa shape index (κ1) is 12.6. The number of aromatic nitrogens is 2. The molecule has 2 aromatic rings. The van der Waals surface area contributed by atoms with E-state index >= 15 is 0 Å². The molecular weight excluding hydrogens is 236 g/mol. The van der Waals surface area contributed by atoms with Crippen LogP contribution in [0.5, 0.6) is 0 Å². The van der Waals surface area contributed by atoms with Crippen molar-refractivity contribution in [1.29, 1.82) is 0 Å². The minimum Gasteiger partial charge on any atom is -0.314 e. The van der Waals surface area contributed by atoms with Gasteiger partial charge in [0, 0.05) is 37.6 Å². The summed E-state index contributed by atoms with van der Waals surface area (Å²) < 4.78 is 2.09.